The number of halogens is 3. The number of anilines is 1. The third kappa shape index (κ3) is 4.49. The Morgan fingerprint density at radius 3 is 2.53 bits per heavy atom. The minimum Gasteiger partial charge on any atom is -0.481 e. The fraction of sp³-hybridized carbons (Fsp3) is 0.364. The van der Waals surface area contributed by atoms with Crippen LogP contribution in [0.5, 0.6) is 0 Å². The Balaban J connectivity index is 1.59. The molecular weight excluding hydrogens is 491 g/mol. The molecule has 2 atom stereocenters. The van der Waals surface area contributed by atoms with Gasteiger partial charge in [0.15, 0.2) is 0 Å². The first-order valence-corrected chi connectivity index (χ1v) is 12.7. The summed E-state index contributed by atoms with van der Waals surface area (Å²) in [5.41, 5.74) is -0.284. The van der Waals surface area contributed by atoms with Gasteiger partial charge in [-0.05, 0) is 60.5 Å². The smallest absolute Gasteiger partial charge is 0.417 e. The minimum absolute atomic E-state index is 0.0743. The molecule has 1 N–H and O–H groups in total. The standard InChI is InChI=1S/C22H22F3N3O4S2/c1-13-14(2)28(8-7-27(13)20-6-3-16(11-26-20)22(23,24)25)34(31,32)17-4-5-19-18(10-17)15(12-33-19)9-21(29)30/h3-6,10-14H,7-9H2,1-2H3,(H,29,30)/t13-,14+/m0/s1. The first-order chi connectivity index (χ1) is 15.9. The predicted octanol–water partition coefficient (Wildman–Crippen LogP) is 4.23. The molecule has 0 amide bonds. The molecule has 0 radical (unpaired) electrons. The van der Waals surface area contributed by atoms with E-state index in [1.54, 1.807) is 30.2 Å². The van der Waals surface area contributed by atoms with Gasteiger partial charge in [0.25, 0.3) is 0 Å². The summed E-state index contributed by atoms with van der Waals surface area (Å²) < 4.78 is 67.7. The zero-order chi connectivity index (χ0) is 24.8. The van der Waals surface area contributed by atoms with Gasteiger partial charge in [-0.15, -0.1) is 11.3 Å². The second-order valence-electron chi connectivity index (χ2n) is 8.18. The second kappa shape index (κ2) is 8.82. The number of benzene rings is 1. The monoisotopic (exact) mass is 513 g/mol. The Morgan fingerprint density at radius 1 is 1.18 bits per heavy atom. The number of aromatic nitrogens is 1. The highest BCUT2D eigenvalue weighted by Crippen LogP contribution is 2.33. The lowest BCUT2D eigenvalue weighted by atomic mass is 10.1. The number of hydrogen-bond acceptors (Lipinski definition) is 6. The summed E-state index contributed by atoms with van der Waals surface area (Å²) in [6, 6.07) is 6.13. The van der Waals surface area contributed by atoms with Crippen molar-refractivity contribution in [1.29, 1.82) is 0 Å². The van der Waals surface area contributed by atoms with Crippen LogP contribution in [-0.4, -0.2) is 54.0 Å². The quantitative estimate of drug-likeness (QED) is 0.549. The molecule has 2 aromatic heterocycles. The fourth-order valence-electron chi connectivity index (χ4n) is 4.16. The van der Waals surface area contributed by atoms with E-state index < -0.39 is 33.8 Å². The topological polar surface area (TPSA) is 90.8 Å². The Kier molecular flexibility index (Phi) is 6.34. The average Bonchev–Trinajstić information content (AvgIpc) is 3.16. The van der Waals surface area contributed by atoms with Gasteiger partial charge < -0.3 is 10.0 Å². The Morgan fingerprint density at radius 2 is 1.91 bits per heavy atom. The van der Waals surface area contributed by atoms with E-state index in [0.717, 1.165) is 17.0 Å². The maximum absolute atomic E-state index is 13.5. The van der Waals surface area contributed by atoms with Crippen molar-refractivity contribution >= 4 is 43.2 Å². The SMILES string of the molecule is C[C@@H]1[C@H](C)N(c2ccc(C(F)(F)F)cn2)CCN1S(=O)(=O)c1ccc2scc(CC(=O)O)c2c1. The molecule has 1 aliphatic heterocycles. The number of hydrogen-bond donors (Lipinski definition) is 1. The van der Waals surface area contributed by atoms with Gasteiger partial charge in [0.2, 0.25) is 10.0 Å². The summed E-state index contributed by atoms with van der Waals surface area (Å²) in [7, 11) is -3.90. The van der Waals surface area contributed by atoms with E-state index >= 15 is 0 Å². The first kappa shape index (κ1) is 24.4. The van der Waals surface area contributed by atoms with Gasteiger partial charge in [-0.2, -0.15) is 17.5 Å². The molecule has 7 nitrogen and oxygen atoms in total. The number of carboxylic acids is 1. The highest BCUT2D eigenvalue weighted by atomic mass is 32.2. The van der Waals surface area contributed by atoms with Gasteiger partial charge in [-0.25, -0.2) is 13.4 Å². The van der Waals surface area contributed by atoms with Crippen LogP contribution in [0, 0.1) is 0 Å². The molecule has 0 bridgehead atoms. The van der Waals surface area contributed by atoms with Gasteiger partial charge in [-0.1, -0.05) is 0 Å². The molecule has 1 aromatic carbocycles. The molecule has 4 rings (SSSR count). The third-order valence-corrected chi connectivity index (χ3v) is 9.14. The zero-order valence-corrected chi connectivity index (χ0v) is 19.9. The molecular formula is C22H22F3N3O4S2. The highest BCUT2D eigenvalue weighted by Gasteiger charge is 2.39. The third-order valence-electron chi connectivity index (χ3n) is 6.15. The van der Waals surface area contributed by atoms with Crippen LogP contribution < -0.4 is 4.90 Å². The fourth-order valence-corrected chi connectivity index (χ4v) is 6.81. The van der Waals surface area contributed by atoms with Crippen molar-refractivity contribution in [2.75, 3.05) is 18.0 Å². The number of thiophene rings is 1. The van der Waals surface area contributed by atoms with E-state index in [-0.39, 0.29) is 30.4 Å². The first-order valence-electron chi connectivity index (χ1n) is 10.4. The van der Waals surface area contributed by atoms with Crippen molar-refractivity contribution < 1.29 is 31.5 Å². The normalized spacial score (nSPS) is 20.1. The van der Waals surface area contributed by atoms with Gasteiger partial charge in [-0.3, -0.25) is 4.79 Å². The molecule has 0 unspecified atom stereocenters. The molecule has 0 aliphatic carbocycles. The summed E-state index contributed by atoms with van der Waals surface area (Å²) in [5.74, 6) is -0.647. The molecule has 0 spiro atoms. The largest absolute Gasteiger partial charge is 0.481 e. The van der Waals surface area contributed by atoms with Crippen molar-refractivity contribution in [3.05, 3.63) is 53.0 Å². The number of sulfonamides is 1. The van der Waals surface area contributed by atoms with E-state index in [0.29, 0.717) is 16.8 Å². The number of carbonyl (C=O) groups is 1. The van der Waals surface area contributed by atoms with E-state index in [1.165, 1.54) is 33.8 Å². The number of carboxylic acid groups (broad SMARTS) is 1. The maximum Gasteiger partial charge on any atom is 0.417 e. The average molecular weight is 514 g/mol. The van der Waals surface area contributed by atoms with Gasteiger partial charge in [0, 0.05) is 36.1 Å². The summed E-state index contributed by atoms with van der Waals surface area (Å²) in [6.07, 6.45) is -3.90. The van der Waals surface area contributed by atoms with E-state index in [4.69, 9.17) is 5.11 Å². The highest BCUT2D eigenvalue weighted by molar-refractivity contribution is 7.89. The van der Waals surface area contributed by atoms with Crippen LogP contribution in [0.15, 0.2) is 46.8 Å². The van der Waals surface area contributed by atoms with Crippen LogP contribution in [0.2, 0.25) is 0 Å². The number of pyridine rings is 1. The predicted molar refractivity (Wildman–Crippen MR) is 123 cm³/mol. The molecule has 12 heteroatoms. The van der Waals surface area contributed by atoms with E-state index in [1.807, 2.05) is 0 Å². The number of fused-ring (bicyclic) bond motifs is 1. The van der Waals surface area contributed by atoms with Gasteiger partial charge >= 0.3 is 12.1 Å². The van der Waals surface area contributed by atoms with Crippen molar-refractivity contribution in [2.45, 2.75) is 43.4 Å². The Bertz CT molecular complexity index is 1320. The Hall–Kier alpha value is -2.70. The van der Waals surface area contributed by atoms with Crippen LogP contribution in [0.3, 0.4) is 0 Å². The molecule has 3 heterocycles. The van der Waals surface area contributed by atoms with Crippen molar-refractivity contribution in [2.24, 2.45) is 0 Å². The second-order valence-corrected chi connectivity index (χ2v) is 11.0. The van der Waals surface area contributed by atoms with Crippen LogP contribution in [0.1, 0.15) is 25.0 Å². The van der Waals surface area contributed by atoms with Crippen LogP contribution in [0.4, 0.5) is 19.0 Å². The lowest BCUT2D eigenvalue weighted by molar-refractivity contribution is -0.138. The molecule has 1 fully saturated rings. The van der Waals surface area contributed by atoms with Crippen molar-refractivity contribution in [1.82, 2.24) is 9.29 Å². The van der Waals surface area contributed by atoms with Crippen molar-refractivity contribution in [3.63, 3.8) is 0 Å². The van der Waals surface area contributed by atoms with Gasteiger partial charge in [0.1, 0.15) is 5.82 Å². The van der Waals surface area contributed by atoms with Gasteiger partial charge in [0.05, 0.1) is 16.9 Å². The molecule has 0 saturated carbocycles. The number of aliphatic carboxylic acids is 1. The molecule has 34 heavy (non-hydrogen) atoms. The molecule has 1 saturated heterocycles. The zero-order valence-electron chi connectivity index (χ0n) is 18.3. The number of nitrogens with zero attached hydrogens (tertiary/aromatic N) is 3. The lowest BCUT2D eigenvalue weighted by Gasteiger charge is -2.44. The maximum atomic E-state index is 13.5. The summed E-state index contributed by atoms with van der Waals surface area (Å²) in [6.45, 7) is 3.93. The summed E-state index contributed by atoms with van der Waals surface area (Å²) in [4.78, 5) is 17.0. The summed E-state index contributed by atoms with van der Waals surface area (Å²) in [5, 5.41) is 11.4. The Labute approximate surface area is 198 Å². The number of alkyl halides is 3. The molecule has 1 aliphatic rings. The minimum atomic E-state index is -4.48. The van der Waals surface area contributed by atoms with Crippen LogP contribution in [0.25, 0.3) is 10.1 Å². The lowest BCUT2D eigenvalue weighted by Crippen LogP contribution is -2.59. The molecule has 182 valence electrons. The van der Waals surface area contributed by atoms with E-state index in [2.05, 4.69) is 4.98 Å². The van der Waals surface area contributed by atoms with E-state index in [9.17, 15) is 26.4 Å². The number of rotatable bonds is 5. The van der Waals surface area contributed by atoms with Crippen LogP contribution >= 0.6 is 11.3 Å². The van der Waals surface area contributed by atoms with Crippen molar-refractivity contribution in [3.8, 4) is 0 Å². The summed E-state index contributed by atoms with van der Waals surface area (Å²) >= 11 is 1.36. The number of piperazine rings is 1. The molecule has 3 aromatic rings. The van der Waals surface area contributed by atoms with Crippen LogP contribution in [-0.2, 0) is 27.4 Å².